The summed E-state index contributed by atoms with van der Waals surface area (Å²) in [5.41, 5.74) is 1.99. The lowest BCUT2D eigenvalue weighted by atomic mass is 10.1. The van der Waals surface area contributed by atoms with Crippen molar-refractivity contribution < 1.29 is 14.3 Å². The van der Waals surface area contributed by atoms with Crippen molar-refractivity contribution in [2.24, 2.45) is 0 Å². The zero-order chi connectivity index (χ0) is 18.8. The first-order chi connectivity index (χ1) is 13.1. The van der Waals surface area contributed by atoms with E-state index in [-0.39, 0.29) is 17.9 Å². The molecule has 3 aromatic rings. The Morgan fingerprint density at radius 3 is 2.67 bits per heavy atom. The molecule has 136 valence electrons. The summed E-state index contributed by atoms with van der Waals surface area (Å²) < 4.78 is 5.63. The Balaban J connectivity index is 1.58. The van der Waals surface area contributed by atoms with E-state index in [1.807, 2.05) is 41.8 Å². The Hall–Kier alpha value is -3.12. The number of amides is 2. The highest BCUT2D eigenvalue weighted by molar-refractivity contribution is 7.12. The predicted molar refractivity (Wildman–Crippen MR) is 106 cm³/mol. The largest absolute Gasteiger partial charge is 0.491 e. The van der Waals surface area contributed by atoms with Gasteiger partial charge in [0.25, 0.3) is 11.8 Å². The zero-order valence-electron chi connectivity index (χ0n) is 14.7. The highest BCUT2D eigenvalue weighted by atomic mass is 32.1. The van der Waals surface area contributed by atoms with Crippen LogP contribution in [0.3, 0.4) is 0 Å². The maximum atomic E-state index is 12.9. The summed E-state index contributed by atoms with van der Waals surface area (Å²) in [4.78, 5) is 27.8. The average molecular weight is 378 g/mol. The number of hydrogen-bond donors (Lipinski definition) is 1. The number of rotatable bonds is 4. The lowest BCUT2D eigenvalue weighted by Gasteiger charge is -2.21. The molecule has 1 aromatic heterocycles. The van der Waals surface area contributed by atoms with Crippen LogP contribution in [0.1, 0.15) is 31.6 Å². The fourth-order valence-corrected chi connectivity index (χ4v) is 3.85. The molecule has 1 aliphatic heterocycles. The average Bonchev–Trinajstić information content (AvgIpc) is 3.37. The number of para-hydroxylation sites is 2. The summed E-state index contributed by atoms with van der Waals surface area (Å²) in [7, 11) is 1.68. The standard InChI is InChI=1S/C21H18N2O3S/c1-23(21(25)19-11-6-12-27-19)17-9-4-2-8-15(17)20(24)22-16-13-26-18-10-5-3-7-14(16)18/h2-12,16H,13H2,1H3,(H,22,24). The molecule has 2 heterocycles. The second-order valence-corrected chi connectivity index (χ2v) is 7.18. The topological polar surface area (TPSA) is 58.6 Å². The molecule has 2 aromatic carbocycles. The molecule has 1 aliphatic rings. The van der Waals surface area contributed by atoms with Gasteiger partial charge in [0.05, 0.1) is 22.2 Å². The van der Waals surface area contributed by atoms with Crippen LogP contribution in [0.2, 0.25) is 0 Å². The van der Waals surface area contributed by atoms with E-state index in [1.54, 1.807) is 31.3 Å². The Kier molecular flexibility index (Phi) is 4.64. The number of anilines is 1. The Bertz CT molecular complexity index is 985. The molecular formula is C21H18N2O3S. The van der Waals surface area contributed by atoms with E-state index in [4.69, 9.17) is 4.74 Å². The van der Waals surface area contributed by atoms with Gasteiger partial charge in [-0.25, -0.2) is 0 Å². The van der Waals surface area contributed by atoms with Gasteiger partial charge in [0.15, 0.2) is 0 Å². The molecule has 6 heteroatoms. The van der Waals surface area contributed by atoms with Crippen molar-refractivity contribution in [3.63, 3.8) is 0 Å². The first-order valence-corrected chi connectivity index (χ1v) is 9.46. The fraction of sp³-hybridized carbons (Fsp3) is 0.143. The number of ether oxygens (including phenoxy) is 1. The number of benzene rings is 2. The Morgan fingerprint density at radius 1 is 1.07 bits per heavy atom. The minimum atomic E-state index is -0.235. The maximum absolute atomic E-state index is 12.9. The molecule has 0 saturated carbocycles. The van der Waals surface area contributed by atoms with Crippen LogP contribution in [-0.4, -0.2) is 25.5 Å². The van der Waals surface area contributed by atoms with E-state index in [1.165, 1.54) is 16.2 Å². The number of fused-ring (bicyclic) bond motifs is 1. The van der Waals surface area contributed by atoms with Gasteiger partial charge in [-0.05, 0) is 29.6 Å². The van der Waals surface area contributed by atoms with Crippen LogP contribution in [-0.2, 0) is 0 Å². The highest BCUT2D eigenvalue weighted by Crippen LogP contribution is 2.32. The smallest absolute Gasteiger partial charge is 0.268 e. The van der Waals surface area contributed by atoms with Crippen LogP contribution < -0.4 is 15.0 Å². The molecule has 27 heavy (non-hydrogen) atoms. The molecule has 0 aliphatic carbocycles. The fourth-order valence-electron chi connectivity index (χ4n) is 3.15. The summed E-state index contributed by atoms with van der Waals surface area (Å²) in [6, 6.07) is 18.2. The summed E-state index contributed by atoms with van der Waals surface area (Å²) in [5.74, 6) is 0.419. The van der Waals surface area contributed by atoms with E-state index in [2.05, 4.69) is 5.32 Å². The normalized spacial score (nSPS) is 14.9. The zero-order valence-corrected chi connectivity index (χ0v) is 15.5. The van der Waals surface area contributed by atoms with Gasteiger partial charge in [0, 0.05) is 12.6 Å². The number of nitrogens with one attached hydrogen (secondary N) is 1. The number of hydrogen-bond acceptors (Lipinski definition) is 4. The van der Waals surface area contributed by atoms with E-state index in [0.29, 0.717) is 22.7 Å². The van der Waals surface area contributed by atoms with Gasteiger partial charge in [-0.15, -0.1) is 11.3 Å². The van der Waals surface area contributed by atoms with Crippen LogP contribution >= 0.6 is 11.3 Å². The molecule has 2 amide bonds. The highest BCUT2D eigenvalue weighted by Gasteiger charge is 2.27. The van der Waals surface area contributed by atoms with E-state index in [0.717, 1.165) is 11.3 Å². The second kappa shape index (κ2) is 7.25. The van der Waals surface area contributed by atoms with Crippen LogP contribution in [0.25, 0.3) is 0 Å². The van der Waals surface area contributed by atoms with Crippen molar-refractivity contribution in [3.05, 3.63) is 82.0 Å². The van der Waals surface area contributed by atoms with Gasteiger partial charge >= 0.3 is 0 Å². The number of carbonyl (C=O) groups excluding carboxylic acids is 2. The molecule has 0 spiro atoms. The van der Waals surface area contributed by atoms with Crippen LogP contribution in [0.5, 0.6) is 5.75 Å². The summed E-state index contributed by atoms with van der Waals surface area (Å²) >= 11 is 1.38. The van der Waals surface area contributed by atoms with Gasteiger partial charge in [0.2, 0.25) is 0 Å². The van der Waals surface area contributed by atoms with E-state index in [9.17, 15) is 9.59 Å². The molecule has 0 fully saturated rings. The molecule has 1 unspecified atom stereocenters. The van der Waals surface area contributed by atoms with Gasteiger partial charge in [-0.3, -0.25) is 9.59 Å². The van der Waals surface area contributed by atoms with Crippen molar-refractivity contribution >= 4 is 28.8 Å². The van der Waals surface area contributed by atoms with Crippen molar-refractivity contribution in [1.82, 2.24) is 5.32 Å². The lowest BCUT2D eigenvalue weighted by Crippen LogP contribution is -2.32. The van der Waals surface area contributed by atoms with Gasteiger partial charge in [0.1, 0.15) is 12.4 Å². The molecule has 1 N–H and O–H groups in total. The third-order valence-corrected chi connectivity index (χ3v) is 5.41. The minimum Gasteiger partial charge on any atom is -0.491 e. The van der Waals surface area contributed by atoms with Gasteiger partial charge in [-0.1, -0.05) is 36.4 Å². The summed E-state index contributed by atoms with van der Waals surface area (Å²) in [5, 5.41) is 4.88. The number of carbonyl (C=O) groups is 2. The first-order valence-electron chi connectivity index (χ1n) is 8.58. The van der Waals surface area contributed by atoms with E-state index < -0.39 is 0 Å². The maximum Gasteiger partial charge on any atom is 0.268 e. The lowest BCUT2D eigenvalue weighted by molar-refractivity contribution is 0.0931. The van der Waals surface area contributed by atoms with Crippen molar-refractivity contribution in [1.29, 1.82) is 0 Å². The molecule has 0 saturated heterocycles. The summed E-state index contributed by atoms with van der Waals surface area (Å²) in [6.07, 6.45) is 0. The van der Waals surface area contributed by atoms with Crippen LogP contribution in [0.15, 0.2) is 66.0 Å². The number of nitrogens with zero attached hydrogens (tertiary/aromatic N) is 1. The molecule has 0 bridgehead atoms. The first kappa shape index (κ1) is 17.3. The van der Waals surface area contributed by atoms with Crippen molar-refractivity contribution in [2.75, 3.05) is 18.6 Å². The SMILES string of the molecule is CN(C(=O)c1cccs1)c1ccccc1C(=O)NC1COc2ccccc21. The van der Waals surface area contributed by atoms with Crippen LogP contribution in [0, 0.1) is 0 Å². The number of thiophene rings is 1. The quantitative estimate of drug-likeness (QED) is 0.749. The molecular weight excluding hydrogens is 360 g/mol. The minimum absolute atomic E-state index is 0.139. The molecule has 0 radical (unpaired) electrons. The van der Waals surface area contributed by atoms with E-state index >= 15 is 0 Å². The van der Waals surface area contributed by atoms with Crippen LogP contribution in [0.4, 0.5) is 5.69 Å². The monoisotopic (exact) mass is 378 g/mol. The van der Waals surface area contributed by atoms with Crippen molar-refractivity contribution in [2.45, 2.75) is 6.04 Å². The second-order valence-electron chi connectivity index (χ2n) is 6.23. The predicted octanol–water partition coefficient (Wildman–Crippen LogP) is 3.89. The van der Waals surface area contributed by atoms with Crippen molar-refractivity contribution in [3.8, 4) is 5.75 Å². The third-order valence-electron chi connectivity index (χ3n) is 4.55. The molecule has 5 nitrogen and oxygen atoms in total. The molecule has 1 atom stereocenters. The third kappa shape index (κ3) is 3.31. The van der Waals surface area contributed by atoms with Gasteiger partial charge in [-0.2, -0.15) is 0 Å². The van der Waals surface area contributed by atoms with Gasteiger partial charge < -0.3 is 15.0 Å². The molecule has 4 rings (SSSR count). The Labute approximate surface area is 161 Å². The Morgan fingerprint density at radius 2 is 1.85 bits per heavy atom. The summed E-state index contributed by atoms with van der Waals surface area (Å²) in [6.45, 7) is 0.400.